The van der Waals surface area contributed by atoms with Crippen LogP contribution in [0.1, 0.15) is 15.9 Å². The van der Waals surface area contributed by atoms with E-state index in [4.69, 9.17) is 4.74 Å². The van der Waals surface area contributed by atoms with Gasteiger partial charge in [-0.25, -0.2) is 4.79 Å². The zero-order valence-electron chi connectivity index (χ0n) is 15.7. The predicted molar refractivity (Wildman–Crippen MR) is 105 cm³/mol. The number of nitrogens with one attached hydrogen (secondary N) is 4. The molecule has 2 aromatic rings. The van der Waals surface area contributed by atoms with E-state index in [1.54, 1.807) is 31.4 Å². The summed E-state index contributed by atoms with van der Waals surface area (Å²) in [7, 11) is 1.59. The van der Waals surface area contributed by atoms with Gasteiger partial charge < -0.3 is 26.0 Å². The minimum Gasteiger partial charge on any atom is -0.497 e. The van der Waals surface area contributed by atoms with Crippen molar-refractivity contribution in [2.24, 2.45) is 0 Å². The van der Waals surface area contributed by atoms with E-state index in [-0.39, 0.29) is 31.4 Å². The van der Waals surface area contributed by atoms with Gasteiger partial charge in [-0.1, -0.05) is 30.3 Å². The van der Waals surface area contributed by atoms with Crippen LogP contribution in [0.4, 0.5) is 4.79 Å². The maximum absolute atomic E-state index is 11.8. The SMILES string of the molecule is COc1ccc(CNC(=O)CNC(=O)NCCNC(=O)c2ccccc2)cc1. The molecule has 0 radical (unpaired) electrons. The summed E-state index contributed by atoms with van der Waals surface area (Å²) in [5.41, 5.74) is 1.48. The standard InChI is InChI=1S/C20H24N4O4/c1-28-17-9-7-15(8-10-17)13-23-18(25)14-24-20(27)22-12-11-21-19(26)16-5-3-2-4-6-16/h2-10H,11-14H2,1H3,(H,21,26)(H,23,25)(H2,22,24,27). The average Bonchev–Trinajstić information content (AvgIpc) is 2.74. The Bertz CT molecular complexity index is 779. The topological polar surface area (TPSA) is 109 Å². The highest BCUT2D eigenvalue weighted by atomic mass is 16.5. The molecule has 2 aromatic carbocycles. The number of rotatable bonds is 9. The van der Waals surface area contributed by atoms with Gasteiger partial charge in [0.25, 0.3) is 5.91 Å². The van der Waals surface area contributed by atoms with Gasteiger partial charge in [-0.15, -0.1) is 0 Å². The molecule has 0 heterocycles. The van der Waals surface area contributed by atoms with Gasteiger partial charge >= 0.3 is 6.03 Å². The molecule has 0 spiro atoms. The Labute approximate surface area is 163 Å². The molecule has 0 bridgehead atoms. The zero-order chi connectivity index (χ0) is 20.2. The summed E-state index contributed by atoms with van der Waals surface area (Å²) in [5, 5.41) is 10.4. The monoisotopic (exact) mass is 384 g/mol. The van der Waals surface area contributed by atoms with E-state index in [2.05, 4.69) is 21.3 Å². The molecule has 0 saturated carbocycles. The third-order valence-corrected chi connectivity index (χ3v) is 3.79. The van der Waals surface area contributed by atoms with Gasteiger partial charge in [-0.3, -0.25) is 9.59 Å². The zero-order valence-corrected chi connectivity index (χ0v) is 15.7. The Hall–Kier alpha value is -3.55. The molecule has 8 heteroatoms. The summed E-state index contributed by atoms with van der Waals surface area (Å²) in [6.07, 6.45) is 0. The lowest BCUT2D eigenvalue weighted by molar-refractivity contribution is -0.120. The van der Waals surface area contributed by atoms with Gasteiger partial charge in [0, 0.05) is 25.2 Å². The third kappa shape index (κ3) is 7.36. The molecule has 2 rings (SSSR count). The molecule has 148 valence electrons. The maximum atomic E-state index is 11.8. The number of hydrogen-bond acceptors (Lipinski definition) is 4. The third-order valence-electron chi connectivity index (χ3n) is 3.79. The van der Waals surface area contributed by atoms with Crippen LogP contribution in [0.3, 0.4) is 0 Å². The summed E-state index contributed by atoms with van der Waals surface area (Å²) < 4.78 is 5.07. The van der Waals surface area contributed by atoms with E-state index in [0.717, 1.165) is 11.3 Å². The number of benzene rings is 2. The highest BCUT2D eigenvalue weighted by Crippen LogP contribution is 2.10. The van der Waals surface area contributed by atoms with Crippen LogP contribution in [-0.4, -0.2) is 44.6 Å². The van der Waals surface area contributed by atoms with Gasteiger partial charge in [0.1, 0.15) is 5.75 Å². The van der Waals surface area contributed by atoms with Crippen LogP contribution in [0.15, 0.2) is 54.6 Å². The second-order valence-corrected chi connectivity index (χ2v) is 5.86. The van der Waals surface area contributed by atoms with Crippen LogP contribution in [0.5, 0.6) is 5.75 Å². The van der Waals surface area contributed by atoms with Crippen molar-refractivity contribution in [3.8, 4) is 5.75 Å². The quantitative estimate of drug-likeness (QED) is 0.485. The first-order valence-electron chi connectivity index (χ1n) is 8.83. The molecule has 4 N–H and O–H groups in total. The highest BCUT2D eigenvalue weighted by molar-refractivity contribution is 5.94. The molecule has 8 nitrogen and oxygen atoms in total. The Morgan fingerprint density at radius 3 is 2.18 bits per heavy atom. The smallest absolute Gasteiger partial charge is 0.315 e. The van der Waals surface area contributed by atoms with E-state index in [1.807, 2.05) is 30.3 Å². The van der Waals surface area contributed by atoms with Crippen LogP contribution in [0.2, 0.25) is 0 Å². The van der Waals surface area contributed by atoms with E-state index < -0.39 is 6.03 Å². The first kappa shape index (κ1) is 20.8. The number of methoxy groups -OCH3 is 1. The van der Waals surface area contributed by atoms with Crippen molar-refractivity contribution in [1.29, 1.82) is 0 Å². The molecular weight excluding hydrogens is 360 g/mol. The lowest BCUT2D eigenvalue weighted by Gasteiger charge is -2.09. The van der Waals surface area contributed by atoms with Gasteiger partial charge in [0.05, 0.1) is 13.7 Å². The molecule has 4 amide bonds. The molecule has 28 heavy (non-hydrogen) atoms. The molecule has 0 atom stereocenters. The summed E-state index contributed by atoms with van der Waals surface area (Å²) in [4.78, 5) is 35.3. The van der Waals surface area contributed by atoms with Crippen LogP contribution in [-0.2, 0) is 11.3 Å². The lowest BCUT2D eigenvalue weighted by Crippen LogP contribution is -2.44. The first-order chi connectivity index (χ1) is 13.6. The van der Waals surface area contributed by atoms with Gasteiger partial charge in [0.15, 0.2) is 0 Å². The Morgan fingerprint density at radius 2 is 1.50 bits per heavy atom. The molecule has 0 aromatic heterocycles. The summed E-state index contributed by atoms with van der Waals surface area (Å²) in [6, 6.07) is 15.6. The Balaban J connectivity index is 1.56. The van der Waals surface area contributed by atoms with Crippen LogP contribution >= 0.6 is 0 Å². The lowest BCUT2D eigenvalue weighted by atomic mass is 10.2. The van der Waals surface area contributed by atoms with Crippen molar-refractivity contribution in [2.75, 3.05) is 26.7 Å². The molecule has 0 unspecified atom stereocenters. The Morgan fingerprint density at radius 1 is 0.821 bits per heavy atom. The second kappa shape index (κ2) is 11.2. The Kier molecular flexibility index (Phi) is 8.32. The fraction of sp³-hybridized carbons (Fsp3) is 0.250. The molecule has 0 fully saturated rings. The van der Waals surface area contributed by atoms with E-state index >= 15 is 0 Å². The fourth-order valence-electron chi connectivity index (χ4n) is 2.27. The molecule has 0 aliphatic heterocycles. The fourth-order valence-corrected chi connectivity index (χ4v) is 2.27. The summed E-state index contributed by atoms with van der Waals surface area (Å²) in [5.74, 6) is 0.234. The van der Waals surface area contributed by atoms with Crippen LogP contribution < -0.4 is 26.0 Å². The van der Waals surface area contributed by atoms with Crippen LogP contribution in [0.25, 0.3) is 0 Å². The molecule has 0 aliphatic rings. The largest absolute Gasteiger partial charge is 0.497 e. The second-order valence-electron chi connectivity index (χ2n) is 5.86. The summed E-state index contributed by atoms with van der Waals surface area (Å²) >= 11 is 0. The van der Waals surface area contributed by atoms with Crippen molar-refractivity contribution in [1.82, 2.24) is 21.3 Å². The number of carbonyl (C=O) groups is 3. The minimum atomic E-state index is -0.478. The van der Waals surface area contributed by atoms with Crippen molar-refractivity contribution in [3.05, 3.63) is 65.7 Å². The molecule has 0 saturated heterocycles. The highest BCUT2D eigenvalue weighted by Gasteiger charge is 2.06. The van der Waals surface area contributed by atoms with E-state index in [9.17, 15) is 14.4 Å². The molecule has 0 aliphatic carbocycles. The van der Waals surface area contributed by atoms with Gasteiger partial charge in [-0.2, -0.15) is 0 Å². The van der Waals surface area contributed by atoms with Crippen LogP contribution in [0, 0.1) is 0 Å². The summed E-state index contributed by atoms with van der Waals surface area (Å²) in [6.45, 7) is 0.749. The number of carbonyl (C=O) groups excluding carboxylic acids is 3. The van der Waals surface area contributed by atoms with E-state index in [1.165, 1.54) is 0 Å². The number of hydrogen-bond donors (Lipinski definition) is 4. The van der Waals surface area contributed by atoms with Crippen molar-refractivity contribution in [2.45, 2.75) is 6.54 Å². The van der Waals surface area contributed by atoms with Crippen molar-refractivity contribution < 1.29 is 19.1 Å². The molecular formula is C20H24N4O4. The van der Waals surface area contributed by atoms with Gasteiger partial charge in [-0.05, 0) is 29.8 Å². The van der Waals surface area contributed by atoms with Crippen molar-refractivity contribution in [3.63, 3.8) is 0 Å². The minimum absolute atomic E-state index is 0.141. The normalized spacial score (nSPS) is 9.89. The first-order valence-corrected chi connectivity index (χ1v) is 8.83. The maximum Gasteiger partial charge on any atom is 0.315 e. The number of ether oxygens (including phenoxy) is 1. The van der Waals surface area contributed by atoms with Gasteiger partial charge in [0.2, 0.25) is 5.91 Å². The van der Waals surface area contributed by atoms with E-state index in [0.29, 0.717) is 12.1 Å². The number of urea groups is 1. The number of amides is 4. The van der Waals surface area contributed by atoms with Crippen molar-refractivity contribution >= 4 is 17.8 Å². The average molecular weight is 384 g/mol. The predicted octanol–water partition coefficient (Wildman–Crippen LogP) is 1.04.